The highest BCUT2D eigenvalue weighted by Gasteiger charge is 2.26. The molecule has 2 amide bonds. The Labute approximate surface area is 129 Å². The molecule has 0 radical (unpaired) electrons. The number of hydrogen-bond acceptors (Lipinski definition) is 3. The first-order valence-corrected chi connectivity index (χ1v) is 7.41. The number of carbonyl (C=O) groups is 2. The Bertz CT molecular complexity index is 562. The minimum absolute atomic E-state index is 0.0106. The lowest BCUT2D eigenvalue weighted by Gasteiger charge is -2.30. The van der Waals surface area contributed by atoms with Crippen LogP contribution < -0.4 is 15.4 Å². The van der Waals surface area contributed by atoms with Crippen molar-refractivity contribution >= 4 is 11.8 Å². The van der Waals surface area contributed by atoms with Crippen LogP contribution in [-0.2, 0) is 16.0 Å². The highest BCUT2D eigenvalue weighted by Crippen LogP contribution is 2.21. The third-order valence-corrected chi connectivity index (χ3v) is 3.91. The zero-order valence-corrected chi connectivity index (χ0v) is 12.8. The summed E-state index contributed by atoms with van der Waals surface area (Å²) in [5, 5.41) is 5.70. The number of rotatable bonds is 5. The minimum Gasteiger partial charge on any atom is -0.494 e. The molecule has 1 aromatic rings. The first-order chi connectivity index (χ1) is 10.5. The van der Waals surface area contributed by atoms with Crippen LogP contribution in [0.25, 0.3) is 0 Å². The van der Waals surface area contributed by atoms with Gasteiger partial charge in [-0.3, -0.25) is 9.59 Å². The molecule has 1 aliphatic rings. The summed E-state index contributed by atoms with van der Waals surface area (Å²) in [6.07, 6.45) is 1.55. The molecule has 1 aromatic carbocycles. The van der Waals surface area contributed by atoms with Gasteiger partial charge in [0.05, 0.1) is 7.11 Å². The number of nitrogens with one attached hydrogen (secondary N) is 2. The number of amides is 2. The fourth-order valence-corrected chi connectivity index (χ4v) is 2.59. The van der Waals surface area contributed by atoms with Crippen LogP contribution in [0.4, 0.5) is 4.39 Å². The molecule has 0 saturated carbocycles. The third-order valence-electron chi connectivity index (χ3n) is 3.91. The van der Waals surface area contributed by atoms with Crippen LogP contribution in [0.1, 0.15) is 31.7 Å². The molecule has 2 rings (SSSR count). The molecule has 1 saturated heterocycles. The molecule has 0 spiro atoms. The Hall–Kier alpha value is -2.11. The average molecular weight is 308 g/mol. The zero-order chi connectivity index (χ0) is 16.1. The Morgan fingerprint density at radius 2 is 2.27 bits per heavy atom. The standard InChI is InChI=1S/C16H21FN2O3/c1-10-12(7-9-14(20)18-10)19-15(21)8-6-11-4-3-5-13(22-2)16(11)17/h3-5,10,12H,6-9H2,1-2H3,(H,18,20)(H,19,21). The Balaban J connectivity index is 1.87. The Morgan fingerprint density at radius 1 is 1.50 bits per heavy atom. The van der Waals surface area contributed by atoms with E-state index in [0.717, 1.165) is 0 Å². The summed E-state index contributed by atoms with van der Waals surface area (Å²) >= 11 is 0. The summed E-state index contributed by atoms with van der Waals surface area (Å²) in [6, 6.07) is 4.74. The van der Waals surface area contributed by atoms with Gasteiger partial charge in [-0.1, -0.05) is 12.1 Å². The molecule has 1 aliphatic heterocycles. The van der Waals surface area contributed by atoms with E-state index in [1.165, 1.54) is 7.11 Å². The summed E-state index contributed by atoms with van der Waals surface area (Å²) in [5.41, 5.74) is 0.458. The monoisotopic (exact) mass is 308 g/mol. The summed E-state index contributed by atoms with van der Waals surface area (Å²) in [7, 11) is 1.41. The normalized spacial score (nSPS) is 21.1. The smallest absolute Gasteiger partial charge is 0.220 e. The maximum atomic E-state index is 14.0. The van der Waals surface area contributed by atoms with E-state index < -0.39 is 5.82 Å². The van der Waals surface area contributed by atoms with Crippen LogP contribution in [0.15, 0.2) is 18.2 Å². The van der Waals surface area contributed by atoms with Gasteiger partial charge in [-0.25, -0.2) is 4.39 Å². The van der Waals surface area contributed by atoms with Gasteiger partial charge in [0.1, 0.15) is 0 Å². The van der Waals surface area contributed by atoms with E-state index in [-0.39, 0.29) is 36.1 Å². The van der Waals surface area contributed by atoms with Crippen molar-refractivity contribution in [1.82, 2.24) is 10.6 Å². The van der Waals surface area contributed by atoms with Gasteiger partial charge in [-0.15, -0.1) is 0 Å². The van der Waals surface area contributed by atoms with Crippen LogP contribution >= 0.6 is 0 Å². The molecular weight excluding hydrogens is 287 g/mol. The molecule has 22 heavy (non-hydrogen) atoms. The number of benzene rings is 1. The lowest BCUT2D eigenvalue weighted by molar-refractivity contribution is -0.126. The number of aryl methyl sites for hydroxylation is 1. The zero-order valence-electron chi connectivity index (χ0n) is 12.8. The van der Waals surface area contributed by atoms with Crippen molar-refractivity contribution in [2.75, 3.05) is 7.11 Å². The molecular formula is C16H21FN2O3. The van der Waals surface area contributed by atoms with Crippen molar-refractivity contribution in [2.24, 2.45) is 0 Å². The largest absolute Gasteiger partial charge is 0.494 e. The van der Waals surface area contributed by atoms with Crippen LogP contribution in [-0.4, -0.2) is 31.0 Å². The summed E-state index contributed by atoms with van der Waals surface area (Å²) in [6.45, 7) is 1.86. The van der Waals surface area contributed by atoms with Gasteiger partial charge in [-0.2, -0.15) is 0 Å². The van der Waals surface area contributed by atoms with Crippen LogP contribution in [0.2, 0.25) is 0 Å². The molecule has 1 heterocycles. The number of hydrogen-bond donors (Lipinski definition) is 2. The number of carbonyl (C=O) groups excluding carboxylic acids is 2. The molecule has 2 unspecified atom stereocenters. The number of halogens is 1. The topological polar surface area (TPSA) is 67.4 Å². The maximum Gasteiger partial charge on any atom is 0.220 e. The van der Waals surface area contributed by atoms with Gasteiger partial charge in [0.25, 0.3) is 0 Å². The van der Waals surface area contributed by atoms with Gasteiger partial charge in [0.15, 0.2) is 11.6 Å². The van der Waals surface area contributed by atoms with Crippen LogP contribution in [0.3, 0.4) is 0 Å². The lowest BCUT2D eigenvalue weighted by Crippen LogP contribution is -2.53. The molecule has 1 fully saturated rings. The fourth-order valence-electron chi connectivity index (χ4n) is 2.59. The number of ether oxygens (including phenoxy) is 1. The van der Waals surface area contributed by atoms with Crippen molar-refractivity contribution in [3.05, 3.63) is 29.6 Å². The predicted octanol–water partition coefficient (Wildman–Crippen LogP) is 1.55. The van der Waals surface area contributed by atoms with E-state index in [1.807, 2.05) is 6.92 Å². The van der Waals surface area contributed by atoms with Gasteiger partial charge >= 0.3 is 0 Å². The molecule has 0 aromatic heterocycles. The van der Waals surface area contributed by atoms with E-state index in [4.69, 9.17) is 4.74 Å². The van der Waals surface area contributed by atoms with Crippen molar-refractivity contribution < 1.29 is 18.7 Å². The van der Waals surface area contributed by atoms with Crippen molar-refractivity contribution in [3.8, 4) is 5.75 Å². The number of methoxy groups -OCH3 is 1. The van der Waals surface area contributed by atoms with E-state index >= 15 is 0 Å². The quantitative estimate of drug-likeness (QED) is 0.867. The van der Waals surface area contributed by atoms with Gasteiger partial charge < -0.3 is 15.4 Å². The van der Waals surface area contributed by atoms with Crippen molar-refractivity contribution in [2.45, 2.75) is 44.7 Å². The first kappa shape index (κ1) is 16.3. The van der Waals surface area contributed by atoms with E-state index in [1.54, 1.807) is 18.2 Å². The highest BCUT2D eigenvalue weighted by molar-refractivity contribution is 5.79. The third kappa shape index (κ3) is 3.96. The molecule has 5 nitrogen and oxygen atoms in total. The summed E-state index contributed by atoms with van der Waals surface area (Å²) < 4.78 is 18.9. The average Bonchev–Trinajstić information content (AvgIpc) is 2.49. The van der Waals surface area contributed by atoms with E-state index in [9.17, 15) is 14.0 Å². The maximum absolute atomic E-state index is 14.0. The first-order valence-electron chi connectivity index (χ1n) is 7.41. The minimum atomic E-state index is -0.420. The fraction of sp³-hybridized carbons (Fsp3) is 0.500. The summed E-state index contributed by atoms with van der Waals surface area (Å²) in [4.78, 5) is 23.2. The SMILES string of the molecule is COc1cccc(CCC(=O)NC2CCC(=O)NC2C)c1F. The van der Waals surface area contributed by atoms with E-state index in [0.29, 0.717) is 24.8 Å². The van der Waals surface area contributed by atoms with Crippen LogP contribution in [0, 0.1) is 5.82 Å². The molecule has 0 aliphatic carbocycles. The molecule has 2 N–H and O–H groups in total. The van der Waals surface area contributed by atoms with Gasteiger partial charge in [0, 0.05) is 24.9 Å². The molecule has 2 atom stereocenters. The van der Waals surface area contributed by atoms with Crippen molar-refractivity contribution in [3.63, 3.8) is 0 Å². The Morgan fingerprint density at radius 3 is 2.95 bits per heavy atom. The second kappa shape index (κ2) is 7.24. The van der Waals surface area contributed by atoms with Gasteiger partial charge in [0.2, 0.25) is 11.8 Å². The highest BCUT2D eigenvalue weighted by atomic mass is 19.1. The molecule has 6 heteroatoms. The second-order valence-corrected chi connectivity index (χ2v) is 5.50. The van der Waals surface area contributed by atoms with Gasteiger partial charge in [-0.05, 0) is 31.4 Å². The predicted molar refractivity (Wildman–Crippen MR) is 80.0 cm³/mol. The summed E-state index contributed by atoms with van der Waals surface area (Å²) in [5.74, 6) is -0.371. The van der Waals surface area contributed by atoms with Crippen LogP contribution in [0.5, 0.6) is 5.75 Å². The van der Waals surface area contributed by atoms with E-state index in [2.05, 4.69) is 10.6 Å². The second-order valence-electron chi connectivity index (χ2n) is 5.50. The molecule has 120 valence electrons. The number of piperidine rings is 1. The molecule has 0 bridgehead atoms. The lowest BCUT2D eigenvalue weighted by atomic mass is 9.99. The van der Waals surface area contributed by atoms with Crippen molar-refractivity contribution in [1.29, 1.82) is 0 Å². The Kier molecular flexibility index (Phi) is 5.35.